The summed E-state index contributed by atoms with van der Waals surface area (Å²) >= 11 is 0. The van der Waals surface area contributed by atoms with E-state index in [1.54, 1.807) is 11.8 Å². The third-order valence-electron chi connectivity index (χ3n) is 3.81. The summed E-state index contributed by atoms with van der Waals surface area (Å²) in [4.78, 5) is 25.3. The topological polar surface area (TPSA) is 72.6 Å². The largest absolute Gasteiger partial charge is 0.367 e. The van der Waals surface area contributed by atoms with E-state index in [0.29, 0.717) is 13.2 Å². The van der Waals surface area contributed by atoms with Gasteiger partial charge in [-0.25, -0.2) is 0 Å². The highest BCUT2D eigenvalue weighted by Gasteiger charge is 2.40. The molecule has 2 N–H and O–H groups in total. The van der Waals surface area contributed by atoms with Crippen LogP contribution in [0.2, 0.25) is 0 Å². The molecule has 2 amide bonds. The van der Waals surface area contributed by atoms with Crippen LogP contribution in [0.5, 0.6) is 0 Å². The zero-order chi connectivity index (χ0) is 12.5. The average Bonchev–Trinajstić information content (AvgIpc) is 2.81. The maximum absolute atomic E-state index is 12.2. The van der Waals surface area contributed by atoms with Crippen molar-refractivity contribution in [3.05, 3.63) is 0 Å². The molecule has 0 aromatic carbocycles. The summed E-state index contributed by atoms with van der Waals surface area (Å²) in [5.41, 5.74) is 4.29. The highest BCUT2D eigenvalue weighted by molar-refractivity contribution is 5.85. The van der Waals surface area contributed by atoms with Crippen LogP contribution in [0.3, 0.4) is 0 Å². The Morgan fingerprint density at radius 3 is 2.59 bits per heavy atom. The van der Waals surface area contributed by atoms with Crippen molar-refractivity contribution in [2.24, 2.45) is 11.7 Å². The van der Waals surface area contributed by atoms with Crippen molar-refractivity contribution in [2.75, 3.05) is 19.7 Å². The van der Waals surface area contributed by atoms with Crippen molar-refractivity contribution in [1.29, 1.82) is 0 Å². The highest BCUT2D eigenvalue weighted by atomic mass is 16.5. The number of nitrogens with two attached hydrogens (primary N) is 1. The van der Waals surface area contributed by atoms with E-state index in [-0.39, 0.29) is 18.4 Å². The zero-order valence-corrected chi connectivity index (χ0v) is 10.3. The minimum Gasteiger partial charge on any atom is -0.367 e. The van der Waals surface area contributed by atoms with Crippen LogP contribution in [-0.4, -0.2) is 42.0 Å². The number of hydrogen-bond donors (Lipinski definition) is 1. The number of nitrogens with zero attached hydrogens (tertiary/aromatic N) is 1. The van der Waals surface area contributed by atoms with Gasteiger partial charge in [-0.15, -0.1) is 0 Å². The monoisotopic (exact) mass is 240 g/mol. The van der Waals surface area contributed by atoms with E-state index in [2.05, 4.69) is 0 Å². The molecule has 2 aliphatic rings. The summed E-state index contributed by atoms with van der Waals surface area (Å²) in [7, 11) is 0. The zero-order valence-electron chi connectivity index (χ0n) is 10.3. The number of primary amides is 1. The summed E-state index contributed by atoms with van der Waals surface area (Å²) in [6.45, 7) is 2.90. The lowest BCUT2D eigenvalue weighted by molar-refractivity contribution is -0.162. The van der Waals surface area contributed by atoms with Gasteiger partial charge in [-0.2, -0.15) is 0 Å². The van der Waals surface area contributed by atoms with Crippen LogP contribution >= 0.6 is 0 Å². The summed E-state index contributed by atoms with van der Waals surface area (Å²) in [5.74, 6) is -0.190. The predicted molar refractivity (Wildman–Crippen MR) is 62.1 cm³/mol. The molecule has 1 atom stereocenters. The molecule has 1 saturated heterocycles. The van der Waals surface area contributed by atoms with Gasteiger partial charge < -0.3 is 15.4 Å². The van der Waals surface area contributed by atoms with Crippen molar-refractivity contribution in [2.45, 2.75) is 38.2 Å². The minimum atomic E-state index is -1.02. The number of carbonyl (C=O) groups excluding carboxylic acids is 2. The Balaban J connectivity index is 2.01. The third kappa shape index (κ3) is 2.44. The van der Waals surface area contributed by atoms with Crippen LogP contribution in [0.4, 0.5) is 0 Å². The van der Waals surface area contributed by atoms with Gasteiger partial charge >= 0.3 is 0 Å². The van der Waals surface area contributed by atoms with Crippen LogP contribution in [0, 0.1) is 5.92 Å². The summed E-state index contributed by atoms with van der Waals surface area (Å²) < 4.78 is 5.40. The smallest absolute Gasteiger partial charge is 0.251 e. The average molecular weight is 240 g/mol. The Bertz CT molecular complexity index is 326. The van der Waals surface area contributed by atoms with E-state index in [0.717, 1.165) is 25.7 Å². The van der Waals surface area contributed by atoms with E-state index in [1.807, 2.05) is 0 Å². The molecule has 2 fully saturated rings. The number of amides is 2. The molecule has 0 unspecified atom stereocenters. The fourth-order valence-corrected chi connectivity index (χ4v) is 2.64. The molecule has 0 bridgehead atoms. The van der Waals surface area contributed by atoms with E-state index < -0.39 is 11.5 Å². The Morgan fingerprint density at radius 2 is 2.00 bits per heavy atom. The Morgan fingerprint density at radius 1 is 1.35 bits per heavy atom. The fraction of sp³-hybridized carbons (Fsp3) is 0.833. The standard InChI is InChI=1S/C12H20N2O3/c1-12(11(13)16)8-14(6-7-17-12)10(15)9-4-2-3-5-9/h9H,2-8H2,1H3,(H2,13,16)/t12-/m1/s1. The number of ether oxygens (including phenoxy) is 1. The second-order valence-electron chi connectivity index (χ2n) is 5.18. The lowest BCUT2D eigenvalue weighted by Crippen LogP contribution is -2.59. The maximum Gasteiger partial charge on any atom is 0.251 e. The molecule has 2 rings (SSSR count). The van der Waals surface area contributed by atoms with Gasteiger partial charge in [0.1, 0.15) is 0 Å². The molecule has 1 aliphatic heterocycles. The van der Waals surface area contributed by atoms with Gasteiger partial charge in [-0.1, -0.05) is 12.8 Å². The molecule has 0 aromatic rings. The molecule has 0 aromatic heterocycles. The Labute approximate surface area is 101 Å². The number of hydrogen-bond acceptors (Lipinski definition) is 3. The van der Waals surface area contributed by atoms with E-state index >= 15 is 0 Å². The number of morpholine rings is 1. The molecule has 17 heavy (non-hydrogen) atoms. The van der Waals surface area contributed by atoms with Crippen LogP contribution < -0.4 is 5.73 Å². The molecular weight excluding hydrogens is 220 g/mol. The first-order valence-corrected chi connectivity index (χ1v) is 6.25. The van der Waals surface area contributed by atoms with Crippen LogP contribution in [0.1, 0.15) is 32.6 Å². The van der Waals surface area contributed by atoms with Gasteiger partial charge in [-0.05, 0) is 19.8 Å². The quantitative estimate of drug-likeness (QED) is 0.753. The van der Waals surface area contributed by atoms with Crippen LogP contribution in [0.15, 0.2) is 0 Å². The predicted octanol–water partition coefficient (Wildman–Crippen LogP) is 0.279. The minimum absolute atomic E-state index is 0.144. The summed E-state index contributed by atoms with van der Waals surface area (Å²) in [6.07, 6.45) is 4.22. The van der Waals surface area contributed by atoms with Gasteiger partial charge in [0.15, 0.2) is 5.60 Å². The molecule has 1 aliphatic carbocycles. The van der Waals surface area contributed by atoms with E-state index in [4.69, 9.17) is 10.5 Å². The van der Waals surface area contributed by atoms with Crippen molar-refractivity contribution in [3.63, 3.8) is 0 Å². The molecule has 5 nitrogen and oxygen atoms in total. The third-order valence-corrected chi connectivity index (χ3v) is 3.81. The van der Waals surface area contributed by atoms with Gasteiger partial charge in [0.25, 0.3) is 5.91 Å². The maximum atomic E-state index is 12.2. The number of carbonyl (C=O) groups is 2. The first kappa shape index (κ1) is 12.4. The SMILES string of the molecule is C[C@]1(C(N)=O)CN(C(=O)C2CCCC2)CCO1. The number of rotatable bonds is 2. The van der Waals surface area contributed by atoms with Crippen molar-refractivity contribution in [1.82, 2.24) is 4.90 Å². The Kier molecular flexibility index (Phi) is 3.38. The first-order valence-electron chi connectivity index (χ1n) is 6.25. The van der Waals surface area contributed by atoms with E-state index in [1.165, 1.54) is 0 Å². The van der Waals surface area contributed by atoms with Gasteiger partial charge in [0.05, 0.1) is 13.2 Å². The lowest BCUT2D eigenvalue weighted by Gasteiger charge is -2.39. The molecular formula is C12H20N2O3. The van der Waals surface area contributed by atoms with Crippen molar-refractivity contribution < 1.29 is 14.3 Å². The Hall–Kier alpha value is -1.10. The van der Waals surface area contributed by atoms with Crippen molar-refractivity contribution in [3.8, 4) is 0 Å². The highest BCUT2D eigenvalue weighted by Crippen LogP contribution is 2.28. The first-order chi connectivity index (χ1) is 8.03. The molecule has 96 valence electrons. The van der Waals surface area contributed by atoms with Crippen molar-refractivity contribution >= 4 is 11.8 Å². The van der Waals surface area contributed by atoms with Gasteiger partial charge in [0.2, 0.25) is 5.91 Å². The van der Waals surface area contributed by atoms with Crippen LogP contribution in [0.25, 0.3) is 0 Å². The second kappa shape index (κ2) is 4.64. The molecule has 1 saturated carbocycles. The van der Waals surface area contributed by atoms with E-state index in [9.17, 15) is 9.59 Å². The van der Waals surface area contributed by atoms with Gasteiger partial charge in [-0.3, -0.25) is 9.59 Å². The molecule has 5 heteroatoms. The molecule has 1 heterocycles. The molecule has 0 radical (unpaired) electrons. The summed E-state index contributed by atoms with van der Waals surface area (Å²) in [6, 6.07) is 0. The van der Waals surface area contributed by atoms with Gasteiger partial charge in [0, 0.05) is 12.5 Å². The summed E-state index contributed by atoms with van der Waals surface area (Å²) in [5, 5.41) is 0. The lowest BCUT2D eigenvalue weighted by atomic mass is 10.0. The normalized spacial score (nSPS) is 30.5. The van der Waals surface area contributed by atoms with Crippen LogP contribution in [-0.2, 0) is 14.3 Å². The second-order valence-corrected chi connectivity index (χ2v) is 5.18. The fourth-order valence-electron chi connectivity index (χ4n) is 2.64. The molecule has 0 spiro atoms.